The van der Waals surface area contributed by atoms with Gasteiger partial charge in [-0.1, -0.05) is 65.9 Å². The third kappa shape index (κ3) is 6.02. The molecule has 1 aliphatic carbocycles. The molecule has 0 saturated carbocycles. The predicted octanol–water partition coefficient (Wildman–Crippen LogP) is 5.38. The molecular formula is C17H22BrN. The van der Waals surface area contributed by atoms with Crippen molar-refractivity contribution in [3.05, 3.63) is 58.7 Å². The molecule has 0 aromatic rings. The highest BCUT2D eigenvalue weighted by Gasteiger charge is 2.09. The summed E-state index contributed by atoms with van der Waals surface area (Å²) in [7, 11) is 0. The van der Waals surface area contributed by atoms with E-state index in [1.165, 1.54) is 0 Å². The molecule has 0 amide bonds. The molecule has 0 saturated heterocycles. The molecule has 1 rings (SSSR count). The molecule has 0 aromatic heterocycles. The SMILES string of the molecule is C=C1/C=C\C=C/C(C)/C(Br)=C(/C=N/C(C)(C)C)\C=C/1. The molecule has 0 N–H and O–H groups in total. The Kier molecular flexibility index (Phi) is 5.74. The maximum absolute atomic E-state index is 4.58. The highest BCUT2D eigenvalue weighted by atomic mass is 79.9. The highest BCUT2D eigenvalue weighted by Crippen LogP contribution is 2.24. The summed E-state index contributed by atoms with van der Waals surface area (Å²) in [6, 6.07) is 0. The second-order valence-electron chi connectivity index (χ2n) is 5.67. The van der Waals surface area contributed by atoms with Crippen molar-refractivity contribution in [2.75, 3.05) is 0 Å². The fourth-order valence-electron chi connectivity index (χ4n) is 1.46. The molecule has 1 nitrogen and oxygen atoms in total. The van der Waals surface area contributed by atoms with E-state index in [0.29, 0.717) is 5.92 Å². The summed E-state index contributed by atoms with van der Waals surface area (Å²) in [6.07, 6.45) is 14.2. The minimum Gasteiger partial charge on any atom is -0.287 e. The van der Waals surface area contributed by atoms with Crippen LogP contribution in [-0.2, 0) is 0 Å². The van der Waals surface area contributed by atoms with Crippen LogP contribution in [0.15, 0.2) is 63.7 Å². The van der Waals surface area contributed by atoms with E-state index < -0.39 is 0 Å². The van der Waals surface area contributed by atoms with Crippen LogP contribution in [0, 0.1) is 5.92 Å². The average Bonchev–Trinajstić information content (AvgIpc) is 2.31. The Labute approximate surface area is 125 Å². The Morgan fingerprint density at radius 1 is 1.21 bits per heavy atom. The van der Waals surface area contributed by atoms with Gasteiger partial charge < -0.3 is 0 Å². The predicted molar refractivity (Wildman–Crippen MR) is 89.9 cm³/mol. The van der Waals surface area contributed by atoms with Crippen molar-refractivity contribution in [1.29, 1.82) is 0 Å². The van der Waals surface area contributed by atoms with Crippen LogP contribution in [0.2, 0.25) is 0 Å². The van der Waals surface area contributed by atoms with Gasteiger partial charge in [-0.2, -0.15) is 0 Å². The molecule has 1 atom stereocenters. The summed E-state index contributed by atoms with van der Waals surface area (Å²) in [5, 5.41) is 0. The zero-order valence-corrected chi connectivity index (χ0v) is 13.7. The van der Waals surface area contributed by atoms with E-state index in [-0.39, 0.29) is 5.54 Å². The smallest absolute Gasteiger partial charge is 0.0524 e. The zero-order valence-electron chi connectivity index (χ0n) is 12.2. The molecule has 0 spiro atoms. The molecule has 0 bridgehead atoms. The lowest BCUT2D eigenvalue weighted by Crippen LogP contribution is -2.10. The second kappa shape index (κ2) is 6.85. The van der Waals surface area contributed by atoms with Gasteiger partial charge in [-0.15, -0.1) is 0 Å². The number of hydrogen-bond donors (Lipinski definition) is 0. The lowest BCUT2D eigenvalue weighted by Gasteiger charge is -2.13. The van der Waals surface area contributed by atoms with Crippen LogP contribution in [0.25, 0.3) is 0 Å². The van der Waals surface area contributed by atoms with Crippen molar-refractivity contribution in [3.8, 4) is 0 Å². The summed E-state index contributed by atoms with van der Waals surface area (Å²) in [5.41, 5.74) is 1.99. The minimum absolute atomic E-state index is 0.0700. The lowest BCUT2D eigenvalue weighted by atomic mass is 10.0. The first kappa shape index (κ1) is 15.9. The molecule has 0 heterocycles. The highest BCUT2D eigenvalue weighted by molar-refractivity contribution is 9.11. The second-order valence-corrected chi connectivity index (χ2v) is 6.53. The molecule has 0 aromatic carbocycles. The van der Waals surface area contributed by atoms with Crippen molar-refractivity contribution in [2.24, 2.45) is 10.9 Å². The number of aliphatic imine (C=N–C) groups is 1. The maximum Gasteiger partial charge on any atom is 0.0524 e. The molecule has 102 valence electrons. The summed E-state index contributed by atoms with van der Waals surface area (Å²) in [6.45, 7) is 12.4. The van der Waals surface area contributed by atoms with Crippen molar-refractivity contribution >= 4 is 22.1 Å². The van der Waals surface area contributed by atoms with E-state index >= 15 is 0 Å². The van der Waals surface area contributed by atoms with Crippen LogP contribution in [0.5, 0.6) is 0 Å². The van der Waals surface area contributed by atoms with E-state index in [4.69, 9.17) is 0 Å². The van der Waals surface area contributed by atoms with E-state index in [2.05, 4.69) is 73.4 Å². The van der Waals surface area contributed by atoms with E-state index in [1.807, 2.05) is 24.4 Å². The first-order valence-corrected chi connectivity index (χ1v) is 7.25. The summed E-state index contributed by atoms with van der Waals surface area (Å²) >= 11 is 3.68. The molecule has 1 aliphatic rings. The number of hydrogen-bond acceptors (Lipinski definition) is 1. The summed E-state index contributed by atoms with van der Waals surface area (Å²) in [4.78, 5) is 4.58. The Morgan fingerprint density at radius 3 is 2.53 bits per heavy atom. The third-order valence-corrected chi connectivity index (χ3v) is 3.74. The van der Waals surface area contributed by atoms with Crippen molar-refractivity contribution < 1.29 is 0 Å². The number of rotatable bonds is 1. The van der Waals surface area contributed by atoms with Gasteiger partial charge in [0, 0.05) is 22.2 Å². The van der Waals surface area contributed by atoms with Crippen LogP contribution in [0.4, 0.5) is 0 Å². The minimum atomic E-state index is -0.0700. The quantitative estimate of drug-likeness (QED) is 0.575. The van der Waals surface area contributed by atoms with E-state index in [0.717, 1.165) is 15.6 Å². The van der Waals surface area contributed by atoms with Crippen LogP contribution in [0.1, 0.15) is 27.7 Å². The molecule has 19 heavy (non-hydrogen) atoms. The van der Waals surface area contributed by atoms with Gasteiger partial charge in [0.1, 0.15) is 0 Å². The van der Waals surface area contributed by atoms with E-state index in [9.17, 15) is 0 Å². The largest absolute Gasteiger partial charge is 0.287 e. The van der Waals surface area contributed by atoms with Gasteiger partial charge in [0.25, 0.3) is 0 Å². The molecular weight excluding hydrogens is 298 g/mol. The van der Waals surface area contributed by atoms with Crippen LogP contribution >= 0.6 is 15.9 Å². The lowest BCUT2D eigenvalue weighted by molar-refractivity contribution is 0.586. The monoisotopic (exact) mass is 319 g/mol. The molecule has 1 unspecified atom stereocenters. The molecule has 0 fully saturated rings. The maximum atomic E-state index is 4.58. The summed E-state index contributed by atoms with van der Waals surface area (Å²) in [5.74, 6) is 0.321. The molecule has 0 aliphatic heterocycles. The van der Waals surface area contributed by atoms with E-state index in [1.54, 1.807) is 0 Å². The van der Waals surface area contributed by atoms with Crippen molar-refractivity contribution in [2.45, 2.75) is 33.2 Å². The number of halogens is 1. The Morgan fingerprint density at radius 2 is 1.89 bits per heavy atom. The van der Waals surface area contributed by atoms with Crippen molar-refractivity contribution in [3.63, 3.8) is 0 Å². The third-order valence-electron chi connectivity index (χ3n) is 2.56. The van der Waals surface area contributed by atoms with Gasteiger partial charge in [0.15, 0.2) is 0 Å². The normalized spacial score (nSPS) is 30.4. The Balaban J connectivity index is 3.16. The van der Waals surface area contributed by atoms with Gasteiger partial charge in [0.05, 0.1) is 5.54 Å². The van der Waals surface area contributed by atoms with Crippen molar-refractivity contribution in [1.82, 2.24) is 0 Å². The Hall–Kier alpha value is -1.15. The fourth-order valence-corrected chi connectivity index (χ4v) is 1.84. The first-order chi connectivity index (χ1) is 8.79. The van der Waals surface area contributed by atoms with Gasteiger partial charge in [-0.05, 0) is 26.3 Å². The standard InChI is InChI=1S/C17H22BrN/c1-13-8-6-7-9-14(2)16(18)15(11-10-13)12-19-17(3,4)5/h6-12,14H,1H2,2-5H3/b8-6-,9-7-,11-10-,16-15-,19-12+. The van der Waals surface area contributed by atoms with Crippen LogP contribution < -0.4 is 0 Å². The zero-order chi connectivity index (χ0) is 14.5. The number of nitrogens with zero attached hydrogens (tertiary/aromatic N) is 1. The molecule has 2 heteroatoms. The van der Waals surface area contributed by atoms with Gasteiger partial charge in [-0.3, -0.25) is 4.99 Å². The van der Waals surface area contributed by atoms with Gasteiger partial charge >= 0.3 is 0 Å². The number of allylic oxidation sites excluding steroid dienone is 9. The average molecular weight is 320 g/mol. The Bertz CT molecular complexity index is 482. The molecule has 0 radical (unpaired) electrons. The van der Waals surface area contributed by atoms with Crippen LogP contribution in [0.3, 0.4) is 0 Å². The first-order valence-electron chi connectivity index (χ1n) is 6.46. The van der Waals surface area contributed by atoms with Crippen LogP contribution in [-0.4, -0.2) is 11.8 Å². The topological polar surface area (TPSA) is 12.4 Å². The van der Waals surface area contributed by atoms with Gasteiger partial charge in [-0.25, -0.2) is 0 Å². The fraction of sp³-hybridized carbons (Fsp3) is 0.353. The summed E-state index contributed by atoms with van der Waals surface area (Å²) < 4.78 is 1.14. The van der Waals surface area contributed by atoms with Gasteiger partial charge in [0.2, 0.25) is 0 Å².